The Balaban J connectivity index is 1.64. The van der Waals surface area contributed by atoms with Gasteiger partial charge in [-0.15, -0.1) is 0 Å². The first-order valence-corrected chi connectivity index (χ1v) is 9.62. The van der Waals surface area contributed by atoms with Gasteiger partial charge in [0.2, 0.25) is 5.91 Å². The molecule has 6 nitrogen and oxygen atoms in total. The fraction of sp³-hybridized carbons (Fsp3) is 0.421. The van der Waals surface area contributed by atoms with Crippen LogP contribution in [0.4, 0.5) is 0 Å². The van der Waals surface area contributed by atoms with Crippen LogP contribution < -0.4 is 15.6 Å². The zero-order valence-electron chi connectivity index (χ0n) is 15.2. The van der Waals surface area contributed by atoms with E-state index in [1.54, 1.807) is 17.7 Å². The molecular formula is C19H23N3O3S. The number of benzene rings is 1. The molecule has 1 atom stereocenters. The van der Waals surface area contributed by atoms with Crippen LogP contribution in [0, 0.1) is 0 Å². The number of carbonyl (C=O) groups excluding carboxylic acids is 1. The number of nitrogens with zero attached hydrogens (tertiary/aromatic N) is 2. The van der Waals surface area contributed by atoms with Gasteiger partial charge in [0.25, 0.3) is 5.56 Å². The van der Waals surface area contributed by atoms with Gasteiger partial charge in [0.15, 0.2) is 5.16 Å². The molecule has 2 aromatic rings. The molecule has 0 bridgehead atoms. The van der Waals surface area contributed by atoms with Crippen molar-refractivity contribution < 1.29 is 9.53 Å². The second kappa shape index (κ2) is 7.95. The SMILES string of the molecule is COc1cccc(CNC(=O)C[C@@H]2CSc3nc(C(C)C)cc(=O)n32)c1. The number of rotatable bonds is 6. The average Bonchev–Trinajstić information content (AvgIpc) is 3.03. The van der Waals surface area contributed by atoms with Crippen LogP contribution in [0.15, 0.2) is 40.3 Å². The third-order valence-electron chi connectivity index (χ3n) is 4.35. The van der Waals surface area contributed by atoms with Crippen LogP contribution in [-0.2, 0) is 11.3 Å². The van der Waals surface area contributed by atoms with Gasteiger partial charge in [0, 0.05) is 24.8 Å². The van der Waals surface area contributed by atoms with Gasteiger partial charge in [-0.1, -0.05) is 37.7 Å². The Bertz CT molecular complexity index is 863. The van der Waals surface area contributed by atoms with Crippen molar-refractivity contribution in [3.63, 3.8) is 0 Å². The number of aromatic nitrogens is 2. The molecule has 138 valence electrons. The molecule has 0 spiro atoms. The standard InChI is InChI=1S/C19H23N3O3S/c1-12(2)16-9-18(24)22-14(11-26-19(22)21-16)8-17(23)20-10-13-5-4-6-15(7-13)25-3/h4-7,9,12,14H,8,10-11H2,1-3H3,(H,20,23)/t14-/m1/s1. The zero-order valence-corrected chi connectivity index (χ0v) is 16.0. The lowest BCUT2D eigenvalue weighted by Gasteiger charge is -2.14. The minimum absolute atomic E-state index is 0.0747. The van der Waals surface area contributed by atoms with Crippen LogP contribution in [0.3, 0.4) is 0 Å². The summed E-state index contributed by atoms with van der Waals surface area (Å²) in [6.07, 6.45) is 0.270. The molecule has 1 N–H and O–H groups in total. The van der Waals surface area contributed by atoms with Crippen molar-refractivity contribution in [3.8, 4) is 5.75 Å². The molecule has 1 aromatic carbocycles. The van der Waals surface area contributed by atoms with Crippen molar-refractivity contribution in [2.75, 3.05) is 12.9 Å². The summed E-state index contributed by atoms with van der Waals surface area (Å²) in [5, 5.41) is 3.63. The predicted molar refractivity (Wildman–Crippen MR) is 102 cm³/mol. The fourth-order valence-corrected chi connectivity index (χ4v) is 4.04. The first-order chi connectivity index (χ1) is 12.5. The van der Waals surface area contributed by atoms with Crippen LogP contribution in [-0.4, -0.2) is 28.3 Å². The highest BCUT2D eigenvalue weighted by Gasteiger charge is 2.27. The van der Waals surface area contributed by atoms with Gasteiger partial charge in [-0.25, -0.2) is 4.98 Å². The van der Waals surface area contributed by atoms with Crippen LogP contribution in [0.25, 0.3) is 0 Å². The molecule has 26 heavy (non-hydrogen) atoms. The van der Waals surface area contributed by atoms with Crippen molar-refractivity contribution >= 4 is 17.7 Å². The Hall–Kier alpha value is -2.28. The maximum Gasteiger partial charge on any atom is 0.254 e. The molecule has 0 saturated heterocycles. The number of nitrogens with one attached hydrogen (secondary N) is 1. The van der Waals surface area contributed by atoms with Gasteiger partial charge in [-0.05, 0) is 23.6 Å². The molecule has 7 heteroatoms. The molecule has 0 unspecified atom stereocenters. The van der Waals surface area contributed by atoms with Crippen molar-refractivity contribution in [3.05, 3.63) is 51.9 Å². The van der Waals surface area contributed by atoms with Crippen LogP contribution in [0.5, 0.6) is 5.75 Å². The summed E-state index contributed by atoms with van der Waals surface area (Å²) in [5.41, 5.74) is 1.70. The highest BCUT2D eigenvalue weighted by atomic mass is 32.2. The summed E-state index contributed by atoms with van der Waals surface area (Å²) >= 11 is 1.54. The number of hydrogen-bond donors (Lipinski definition) is 1. The van der Waals surface area contributed by atoms with E-state index < -0.39 is 0 Å². The smallest absolute Gasteiger partial charge is 0.254 e. The summed E-state index contributed by atoms with van der Waals surface area (Å²) in [6, 6.07) is 9.02. The largest absolute Gasteiger partial charge is 0.497 e. The van der Waals surface area contributed by atoms with E-state index in [0.717, 1.165) is 17.0 Å². The van der Waals surface area contributed by atoms with Gasteiger partial charge in [0.05, 0.1) is 18.8 Å². The van der Waals surface area contributed by atoms with E-state index in [1.165, 1.54) is 11.8 Å². The van der Waals surface area contributed by atoms with E-state index in [9.17, 15) is 9.59 Å². The lowest BCUT2D eigenvalue weighted by atomic mass is 10.1. The lowest BCUT2D eigenvalue weighted by molar-refractivity contribution is -0.121. The summed E-state index contributed by atoms with van der Waals surface area (Å²) < 4.78 is 6.84. The maximum atomic E-state index is 12.4. The second-order valence-corrected chi connectivity index (χ2v) is 7.61. The Morgan fingerprint density at radius 2 is 2.23 bits per heavy atom. The number of hydrogen-bond acceptors (Lipinski definition) is 5. The Labute approximate surface area is 157 Å². The summed E-state index contributed by atoms with van der Waals surface area (Å²) in [7, 11) is 1.61. The molecule has 1 aliphatic heterocycles. The highest BCUT2D eigenvalue weighted by molar-refractivity contribution is 7.99. The predicted octanol–water partition coefficient (Wildman–Crippen LogP) is 2.73. The molecule has 0 radical (unpaired) electrons. The molecule has 0 saturated carbocycles. The van der Waals surface area contributed by atoms with Gasteiger partial charge in [0.1, 0.15) is 5.75 Å². The average molecular weight is 373 g/mol. The summed E-state index contributed by atoms with van der Waals surface area (Å²) in [4.78, 5) is 29.3. The van der Waals surface area contributed by atoms with E-state index >= 15 is 0 Å². The van der Waals surface area contributed by atoms with Crippen molar-refractivity contribution in [1.29, 1.82) is 0 Å². The van der Waals surface area contributed by atoms with E-state index in [1.807, 2.05) is 38.1 Å². The number of carbonyl (C=O) groups is 1. The molecule has 0 fully saturated rings. The Morgan fingerprint density at radius 3 is 2.96 bits per heavy atom. The summed E-state index contributed by atoms with van der Waals surface area (Å²) in [6.45, 7) is 4.46. The number of ether oxygens (including phenoxy) is 1. The minimum Gasteiger partial charge on any atom is -0.497 e. The van der Waals surface area contributed by atoms with E-state index in [0.29, 0.717) is 17.5 Å². The fourth-order valence-electron chi connectivity index (χ4n) is 2.89. The Kier molecular flexibility index (Phi) is 5.66. The third-order valence-corrected chi connectivity index (χ3v) is 5.44. The van der Waals surface area contributed by atoms with Crippen LogP contribution in [0.1, 0.15) is 43.5 Å². The lowest BCUT2D eigenvalue weighted by Crippen LogP contribution is -2.30. The monoisotopic (exact) mass is 373 g/mol. The molecular weight excluding hydrogens is 350 g/mol. The van der Waals surface area contributed by atoms with Gasteiger partial charge in [-0.3, -0.25) is 14.2 Å². The summed E-state index contributed by atoms with van der Waals surface area (Å²) in [5.74, 6) is 1.58. The molecule has 3 rings (SSSR count). The first kappa shape index (κ1) is 18.5. The topological polar surface area (TPSA) is 73.2 Å². The molecule has 1 aliphatic rings. The first-order valence-electron chi connectivity index (χ1n) is 8.64. The second-order valence-electron chi connectivity index (χ2n) is 6.62. The number of fused-ring (bicyclic) bond motifs is 1. The number of methoxy groups -OCH3 is 1. The van der Waals surface area contributed by atoms with Crippen molar-refractivity contribution in [1.82, 2.24) is 14.9 Å². The molecule has 0 aliphatic carbocycles. The minimum atomic E-state index is -0.151. The normalized spacial score (nSPS) is 15.8. The van der Waals surface area contributed by atoms with E-state index in [-0.39, 0.29) is 29.8 Å². The molecule has 1 amide bonds. The Morgan fingerprint density at radius 1 is 1.42 bits per heavy atom. The van der Waals surface area contributed by atoms with Gasteiger partial charge in [-0.2, -0.15) is 0 Å². The van der Waals surface area contributed by atoms with E-state index in [2.05, 4.69) is 10.3 Å². The number of thioether (sulfide) groups is 1. The zero-order chi connectivity index (χ0) is 18.7. The molecule has 2 heterocycles. The van der Waals surface area contributed by atoms with Crippen molar-refractivity contribution in [2.24, 2.45) is 0 Å². The van der Waals surface area contributed by atoms with Crippen LogP contribution in [0.2, 0.25) is 0 Å². The molecule has 1 aromatic heterocycles. The van der Waals surface area contributed by atoms with Crippen molar-refractivity contribution in [2.45, 2.75) is 43.9 Å². The van der Waals surface area contributed by atoms with Crippen LogP contribution >= 0.6 is 11.8 Å². The maximum absolute atomic E-state index is 12.4. The third kappa shape index (κ3) is 4.09. The number of amides is 1. The van der Waals surface area contributed by atoms with Gasteiger partial charge >= 0.3 is 0 Å². The van der Waals surface area contributed by atoms with E-state index in [4.69, 9.17) is 4.74 Å². The van der Waals surface area contributed by atoms with Gasteiger partial charge < -0.3 is 10.1 Å². The highest BCUT2D eigenvalue weighted by Crippen LogP contribution is 2.32. The quantitative estimate of drug-likeness (QED) is 0.788.